The summed E-state index contributed by atoms with van der Waals surface area (Å²) in [5.41, 5.74) is 2.48. The topological polar surface area (TPSA) is 67.0 Å². The summed E-state index contributed by atoms with van der Waals surface area (Å²) in [5, 5.41) is 1.77. The molecule has 0 radical (unpaired) electrons. The highest BCUT2D eigenvalue weighted by atomic mass is 35.5. The largest absolute Gasteiger partial charge is 0.494 e. The number of aromatic nitrogens is 2. The molecule has 31 heavy (non-hydrogen) atoms. The second kappa shape index (κ2) is 10.2. The van der Waals surface area contributed by atoms with Gasteiger partial charge in [-0.25, -0.2) is 4.21 Å². The minimum absolute atomic E-state index is 0.524. The Kier molecular flexibility index (Phi) is 7.12. The van der Waals surface area contributed by atoms with E-state index in [1.165, 1.54) is 0 Å². The molecule has 0 saturated heterocycles. The number of nitrogens with zero attached hydrogens (tertiary/aromatic N) is 1. The Bertz CT molecular complexity index is 1180. The highest BCUT2D eigenvalue weighted by Gasteiger charge is 2.13. The van der Waals surface area contributed by atoms with Crippen LogP contribution in [0, 0.1) is 0 Å². The molecule has 5 nitrogen and oxygen atoms in total. The normalized spacial score (nSPS) is 12.1. The van der Waals surface area contributed by atoms with Crippen LogP contribution in [0.5, 0.6) is 5.75 Å². The number of ether oxygens (including phenoxy) is 1. The Morgan fingerprint density at radius 3 is 2.61 bits per heavy atom. The van der Waals surface area contributed by atoms with Gasteiger partial charge in [0.05, 0.1) is 32.8 Å². The van der Waals surface area contributed by atoms with Crippen molar-refractivity contribution in [3.05, 3.63) is 82.7 Å². The van der Waals surface area contributed by atoms with E-state index in [4.69, 9.17) is 27.9 Å². The highest BCUT2D eigenvalue weighted by Crippen LogP contribution is 2.35. The first-order valence-electron chi connectivity index (χ1n) is 9.88. The second-order valence-electron chi connectivity index (χ2n) is 6.95. The van der Waals surface area contributed by atoms with Gasteiger partial charge >= 0.3 is 0 Å². The number of nitrogens with one attached hydrogen (secondary N) is 2. The smallest absolute Gasteiger partial charge is 0.150 e. The molecule has 4 aromatic rings. The van der Waals surface area contributed by atoms with Crippen molar-refractivity contribution in [1.82, 2.24) is 9.97 Å². The van der Waals surface area contributed by atoms with E-state index in [1.807, 2.05) is 36.5 Å². The van der Waals surface area contributed by atoms with Gasteiger partial charge in [0.25, 0.3) is 0 Å². The third kappa shape index (κ3) is 5.39. The van der Waals surface area contributed by atoms with Gasteiger partial charge in [-0.1, -0.05) is 29.3 Å². The molecule has 0 spiro atoms. The zero-order chi connectivity index (χ0) is 21.6. The van der Waals surface area contributed by atoms with Crippen molar-refractivity contribution >= 4 is 50.8 Å². The summed E-state index contributed by atoms with van der Waals surface area (Å²) in [6.45, 7) is 0.629. The molecule has 2 aromatic carbocycles. The summed E-state index contributed by atoms with van der Waals surface area (Å²) in [4.78, 5) is 8.03. The van der Waals surface area contributed by atoms with Crippen LogP contribution in [-0.2, 0) is 17.4 Å². The number of rotatable bonds is 9. The predicted octanol–water partition coefficient (Wildman–Crippen LogP) is 6.41. The maximum absolute atomic E-state index is 12.8. The molecule has 0 amide bonds. The van der Waals surface area contributed by atoms with E-state index in [0.717, 1.165) is 36.2 Å². The van der Waals surface area contributed by atoms with E-state index in [2.05, 4.69) is 14.7 Å². The highest BCUT2D eigenvalue weighted by molar-refractivity contribution is 7.86. The first-order chi connectivity index (χ1) is 15.1. The monoisotopic (exact) mass is 473 g/mol. The van der Waals surface area contributed by atoms with Gasteiger partial charge in [0.1, 0.15) is 16.7 Å². The minimum atomic E-state index is -1.44. The molecule has 0 aliphatic heterocycles. The zero-order valence-corrected chi connectivity index (χ0v) is 18.9. The van der Waals surface area contributed by atoms with Crippen molar-refractivity contribution in [2.24, 2.45) is 0 Å². The summed E-state index contributed by atoms with van der Waals surface area (Å²) in [6, 6.07) is 16.7. The Hall–Kier alpha value is -2.54. The van der Waals surface area contributed by atoms with Gasteiger partial charge in [0.2, 0.25) is 0 Å². The Morgan fingerprint density at radius 2 is 1.84 bits per heavy atom. The SMILES string of the molecule is O=S(Nc1ccc(Cl)c2c(Cl)c[nH]c12)c1ccc(OCCCCc2ccccn2)cc1. The number of benzene rings is 2. The number of anilines is 1. The molecule has 2 aromatic heterocycles. The molecule has 0 bridgehead atoms. The number of unbranched alkanes of at least 4 members (excludes halogenated alkanes) is 1. The lowest BCUT2D eigenvalue weighted by molar-refractivity contribution is 0.306. The zero-order valence-electron chi connectivity index (χ0n) is 16.6. The van der Waals surface area contributed by atoms with Crippen LogP contribution in [0.2, 0.25) is 10.0 Å². The first-order valence-corrected chi connectivity index (χ1v) is 11.8. The molecule has 2 N–H and O–H groups in total. The number of H-pyrrole nitrogens is 1. The first kappa shape index (κ1) is 21.7. The lowest BCUT2D eigenvalue weighted by Crippen LogP contribution is -2.05. The molecule has 160 valence electrons. The van der Waals surface area contributed by atoms with Gasteiger partial charge in [-0.15, -0.1) is 0 Å². The van der Waals surface area contributed by atoms with Crippen LogP contribution in [0.3, 0.4) is 0 Å². The van der Waals surface area contributed by atoms with Crippen LogP contribution in [0.4, 0.5) is 5.69 Å². The minimum Gasteiger partial charge on any atom is -0.494 e. The molecular formula is C23H21Cl2N3O2S. The number of aryl methyl sites for hydroxylation is 1. The molecule has 2 heterocycles. The van der Waals surface area contributed by atoms with Crippen molar-refractivity contribution in [2.75, 3.05) is 11.3 Å². The van der Waals surface area contributed by atoms with Crippen LogP contribution in [0.25, 0.3) is 10.9 Å². The number of hydrogen-bond acceptors (Lipinski definition) is 3. The number of pyridine rings is 1. The van der Waals surface area contributed by atoms with Gasteiger partial charge in [-0.3, -0.25) is 9.71 Å². The maximum atomic E-state index is 12.8. The van der Waals surface area contributed by atoms with E-state index in [-0.39, 0.29) is 0 Å². The lowest BCUT2D eigenvalue weighted by Gasteiger charge is -2.10. The van der Waals surface area contributed by atoms with Gasteiger partial charge in [0, 0.05) is 23.5 Å². The van der Waals surface area contributed by atoms with Crippen molar-refractivity contribution < 1.29 is 8.95 Å². The van der Waals surface area contributed by atoms with Crippen LogP contribution in [-0.4, -0.2) is 20.8 Å². The number of aromatic amines is 1. The van der Waals surface area contributed by atoms with Gasteiger partial charge in [-0.05, 0) is 67.8 Å². The van der Waals surface area contributed by atoms with Gasteiger partial charge in [0.15, 0.2) is 0 Å². The summed E-state index contributed by atoms with van der Waals surface area (Å²) >= 11 is 12.4. The fraction of sp³-hybridized carbons (Fsp3) is 0.174. The van der Waals surface area contributed by atoms with Crippen molar-refractivity contribution in [3.8, 4) is 5.75 Å². The summed E-state index contributed by atoms with van der Waals surface area (Å²) in [5.74, 6) is 0.753. The Balaban J connectivity index is 1.30. The van der Waals surface area contributed by atoms with E-state index < -0.39 is 11.0 Å². The van der Waals surface area contributed by atoms with Crippen LogP contribution >= 0.6 is 23.2 Å². The van der Waals surface area contributed by atoms with Gasteiger partial charge in [-0.2, -0.15) is 0 Å². The third-order valence-corrected chi connectivity index (χ3v) is 6.52. The average Bonchev–Trinajstić information content (AvgIpc) is 3.19. The molecule has 0 saturated carbocycles. The fourth-order valence-electron chi connectivity index (χ4n) is 3.22. The lowest BCUT2D eigenvalue weighted by atomic mass is 10.2. The molecule has 1 unspecified atom stereocenters. The molecule has 0 aliphatic carbocycles. The quantitative estimate of drug-likeness (QED) is 0.276. The van der Waals surface area contributed by atoms with Crippen molar-refractivity contribution in [3.63, 3.8) is 0 Å². The van der Waals surface area contributed by atoms with Crippen molar-refractivity contribution in [2.45, 2.75) is 24.2 Å². The summed E-state index contributed by atoms with van der Waals surface area (Å²) < 4.78 is 21.6. The molecule has 0 aliphatic rings. The molecule has 4 rings (SSSR count). The van der Waals surface area contributed by atoms with Crippen LogP contribution < -0.4 is 9.46 Å². The Labute approximate surface area is 193 Å². The standard InChI is InChI=1S/C23H21Cl2N3O2S/c24-19-11-12-21(23-22(19)20(25)15-27-23)28-31(29)18-9-7-17(8-10-18)30-14-4-2-6-16-5-1-3-13-26-16/h1,3,5,7-13,15,27-28H,2,4,6,14H2. The van der Waals surface area contributed by atoms with E-state index >= 15 is 0 Å². The summed E-state index contributed by atoms with van der Waals surface area (Å²) in [6.07, 6.45) is 6.37. The number of halogens is 2. The Morgan fingerprint density at radius 1 is 1.00 bits per heavy atom. The van der Waals surface area contributed by atoms with Gasteiger partial charge < -0.3 is 9.72 Å². The molecule has 1 atom stereocenters. The average molecular weight is 474 g/mol. The van der Waals surface area contributed by atoms with Crippen LogP contribution in [0.15, 0.2) is 71.9 Å². The van der Waals surface area contributed by atoms with Crippen molar-refractivity contribution in [1.29, 1.82) is 0 Å². The van der Waals surface area contributed by atoms with E-state index in [1.54, 1.807) is 30.5 Å². The van der Waals surface area contributed by atoms with Crippen LogP contribution in [0.1, 0.15) is 18.5 Å². The summed E-state index contributed by atoms with van der Waals surface area (Å²) in [7, 11) is -1.44. The number of fused-ring (bicyclic) bond motifs is 1. The molecule has 8 heteroatoms. The predicted molar refractivity (Wildman–Crippen MR) is 127 cm³/mol. The van der Waals surface area contributed by atoms with E-state index in [9.17, 15) is 4.21 Å². The fourth-order valence-corrected chi connectivity index (χ4v) is 4.65. The molecular weight excluding hydrogens is 453 g/mol. The third-order valence-electron chi connectivity index (χ3n) is 4.80. The second-order valence-corrected chi connectivity index (χ2v) is 8.98. The molecule has 0 fully saturated rings. The number of hydrogen-bond donors (Lipinski definition) is 2. The maximum Gasteiger partial charge on any atom is 0.150 e. The van der Waals surface area contributed by atoms with E-state index in [0.29, 0.717) is 32.6 Å².